The molecule has 0 saturated carbocycles. The molecule has 2 aromatic carbocycles. The van der Waals surface area contributed by atoms with Crippen molar-refractivity contribution in [1.29, 1.82) is 0 Å². The van der Waals surface area contributed by atoms with Crippen LogP contribution in [0.4, 0.5) is 4.39 Å². The topological polar surface area (TPSA) is 55.6 Å². The first-order chi connectivity index (χ1) is 14.0. The maximum Gasteiger partial charge on any atom is 0.225 e. The lowest BCUT2D eigenvalue weighted by Gasteiger charge is -2.30. The van der Waals surface area contributed by atoms with Crippen LogP contribution >= 0.6 is 23.2 Å². The highest BCUT2D eigenvalue weighted by Gasteiger charge is 2.27. The molecule has 0 spiro atoms. The Kier molecular flexibility index (Phi) is 5.92. The molecule has 0 radical (unpaired) electrons. The molecule has 0 bridgehead atoms. The highest BCUT2D eigenvalue weighted by Crippen LogP contribution is 2.31. The zero-order valence-corrected chi connectivity index (χ0v) is 17.0. The monoisotopic (exact) mass is 436 g/mol. The lowest BCUT2D eigenvalue weighted by molar-refractivity contribution is -0.132. The highest BCUT2D eigenvalue weighted by atomic mass is 35.5. The third kappa shape index (κ3) is 4.65. The first kappa shape index (κ1) is 20.0. The van der Waals surface area contributed by atoms with Crippen LogP contribution in [0.5, 0.6) is 5.75 Å². The Morgan fingerprint density at radius 2 is 2.00 bits per heavy atom. The summed E-state index contributed by atoms with van der Waals surface area (Å²) in [5.41, 5.74) is 1.47. The van der Waals surface area contributed by atoms with Crippen LogP contribution in [0.2, 0.25) is 10.0 Å². The fourth-order valence-corrected chi connectivity index (χ4v) is 3.86. The van der Waals surface area contributed by atoms with Crippen molar-refractivity contribution >= 4 is 40.2 Å². The van der Waals surface area contributed by atoms with Crippen molar-refractivity contribution < 1.29 is 18.3 Å². The first-order valence-corrected chi connectivity index (χ1v) is 10.2. The number of oxazole rings is 1. The third-order valence-electron chi connectivity index (χ3n) is 5.03. The molecular weight excluding hydrogens is 418 g/mol. The van der Waals surface area contributed by atoms with Crippen LogP contribution in [-0.2, 0) is 4.79 Å². The van der Waals surface area contributed by atoms with E-state index in [2.05, 4.69) is 4.98 Å². The van der Waals surface area contributed by atoms with Gasteiger partial charge in [-0.2, -0.15) is 0 Å². The molecule has 1 fully saturated rings. The van der Waals surface area contributed by atoms with E-state index >= 15 is 0 Å². The number of likely N-dealkylation sites (tertiary alicyclic amines) is 1. The van der Waals surface area contributed by atoms with E-state index in [1.807, 2.05) is 11.0 Å². The van der Waals surface area contributed by atoms with Gasteiger partial charge in [-0.25, -0.2) is 9.37 Å². The Morgan fingerprint density at radius 3 is 2.76 bits per heavy atom. The zero-order valence-electron chi connectivity index (χ0n) is 15.5. The fraction of sp³-hybridized carbons (Fsp3) is 0.333. The molecule has 0 atom stereocenters. The molecule has 8 heteroatoms. The van der Waals surface area contributed by atoms with Crippen LogP contribution in [0.15, 0.2) is 40.8 Å². The number of fused-ring (bicyclic) bond motifs is 1. The van der Waals surface area contributed by atoms with E-state index in [0.29, 0.717) is 29.8 Å². The summed E-state index contributed by atoms with van der Waals surface area (Å²) in [4.78, 5) is 18.8. The number of aromatic nitrogens is 1. The summed E-state index contributed by atoms with van der Waals surface area (Å²) < 4.78 is 24.4. The van der Waals surface area contributed by atoms with E-state index in [1.165, 1.54) is 18.2 Å². The Labute approximate surface area is 177 Å². The number of halogens is 3. The fourth-order valence-electron chi connectivity index (χ4n) is 3.47. The van der Waals surface area contributed by atoms with Crippen molar-refractivity contribution in [1.82, 2.24) is 9.88 Å². The number of benzene rings is 2. The second kappa shape index (κ2) is 8.59. The highest BCUT2D eigenvalue weighted by molar-refractivity contribution is 6.32. The zero-order chi connectivity index (χ0) is 20.4. The minimum atomic E-state index is -0.427. The molecule has 2 heterocycles. The molecule has 1 aromatic heterocycles. The minimum absolute atomic E-state index is 0.0195. The van der Waals surface area contributed by atoms with Crippen molar-refractivity contribution in [3.8, 4) is 5.75 Å². The van der Waals surface area contributed by atoms with E-state index in [0.717, 1.165) is 23.9 Å². The summed E-state index contributed by atoms with van der Waals surface area (Å²) in [6.07, 6.45) is 1.81. The number of hydrogen-bond acceptors (Lipinski definition) is 4. The molecule has 4 rings (SSSR count). The average Bonchev–Trinajstić information content (AvgIpc) is 3.13. The largest absolute Gasteiger partial charge is 0.491 e. The lowest BCUT2D eigenvalue weighted by atomic mass is 9.96. The second-order valence-corrected chi connectivity index (χ2v) is 7.84. The maximum atomic E-state index is 13.1. The van der Waals surface area contributed by atoms with Gasteiger partial charge in [0.25, 0.3) is 0 Å². The molecule has 29 heavy (non-hydrogen) atoms. The van der Waals surface area contributed by atoms with Gasteiger partial charge in [0.2, 0.25) is 5.91 Å². The third-order valence-corrected chi connectivity index (χ3v) is 5.56. The van der Waals surface area contributed by atoms with Gasteiger partial charge in [0.15, 0.2) is 11.5 Å². The average molecular weight is 437 g/mol. The summed E-state index contributed by atoms with van der Waals surface area (Å²) in [6, 6.07) is 9.30. The summed E-state index contributed by atoms with van der Waals surface area (Å²) >= 11 is 11.9. The lowest BCUT2D eigenvalue weighted by Crippen LogP contribution is -2.38. The molecule has 1 aliphatic rings. The number of amides is 1. The van der Waals surface area contributed by atoms with Crippen molar-refractivity contribution in [2.24, 2.45) is 0 Å². The van der Waals surface area contributed by atoms with Crippen LogP contribution in [0.25, 0.3) is 11.1 Å². The molecule has 1 aliphatic heterocycles. The number of ether oxygens (including phenoxy) is 1. The van der Waals surface area contributed by atoms with Crippen molar-refractivity contribution in [2.75, 3.05) is 19.7 Å². The molecule has 1 saturated heterocycles. The number of piperidine rings is 1. The number of nitrogens with zero attached hydrogens (tertiary/aromatic N) is 2. The summed E-state index contributed by atoms with van der Waals surface area (Å²) in [6.45, 7) is 1.47. The first-order valence-electron chi connectivity index (χ1n) is 9.41. The number of hydrogen-bond donors (Lipinski definition) is 0. The van der Waals surface area contributed by atoms with Crippen molar-refractivity contribution in [2.45, 2.75) is 25.2 Å². The molecule has 152 valence electrons. The van der Waals surface area contributed by atoms with E-state index in [-0.39, 0.29) is 29.9 Å². The van der Waals surface area contributed by atoms with Gasteiger partial charge in [-0.05, 0) is 49.2 Å². The maximum absolute atomic E-state index is 13.1. The Hall–Kier alpha value is -2.31. The predicted molar refractivity (Wildman–Crippen MR) is 109 cm³/mol. The second-order valence-electron chi connectivity index (χ2n) is 6.99. The number of rotatable bonds is 5. The number of carbonyl (C=O) groups excluding carboxylic acids is 1. The van der Waals surface area contributed by atoms with Gasteiger partial charge in [-0.3, -0.25) is 4.79 Å². The van der Waals surface area contributed by atoms with Gasteiger partial charge in [0, 0.05) is 24.0 Å². The smallest absolute Gasteiger partial charge is 0.225 e. The van der Waals surface area contributed by atoms with Gasteiger partial charge in [0.1, 0.15) is 17.1 Å². The summed E-state index contributed by atoms with van der Waals surface area (Å²) in [5.74, 6) is 0.841. The van der Waals surface area contributed by atoms with Gasteiger partial charge >= 0.3 is 0 Å². The van der Waals surface area contributed by atoms with Crippen LogP contribution in [-0.4, -0.2) is 35.5 Å². The van der Waals surface area contributed by atoms with Crippen molar-refractivity contribution in [3.05, 3.63) is 58.2 Å². The molecule has 5 nitrogen and oxygen atoms in total. The molecule has 1 amide bonds. The van der Waals surface area contributed by atoms with Gasteiger partial charge in [-0.15, -0.1) is 0 Å². The van der Waals surface area contributed by atoms with Crippen molar-refractivity contribution in [3.63, 3.8) is 0 Å². The quantitative estimate of drug-likeness (QED) is 0.533. The Balaban J connectivity index is 1.27. The predicted octanol–water partition coefficient (Wildman–Crippen LogP) is 5.45. The summed E-state index contributed by atoms with van der Waals surface area (Å²) in [5, 5.41) is 0.819. The van der Waals surface area contributed by atoms with E-state index < -0.39 is 5.82 Å². The van der Waals surface area contributed by atoms with E-state index in [9.17, 15) is 9.18 Å². The van der Waals surface area contributed by atoms with Gasteiger partial charge in [0.05, 0.1) is 18.1 Å². The van der Waals surface area contributed by atoms with Gasteiger partial charge < -0.3 is 14.1 Å². The van der Waals surface area contributed by atoms with Gasteiger partial charge in [-0.1, -0.05) is 23.2 Å². The SMILES string of the molecule is O=C(CCOc1ccc(F)cc1Cl)N1CCC(c2nc3cc(Cl)ccc3o2)CC1. The molecule has 0 aliphatic carbocycles. The van der Waals surface area contributed by atoms with E-state index in [4.69, 9.17) is 32.4 Å². The molecular formula is C21H19Cl2FN2O3. The van der Waals surface area contributed by atoms with Crippen LogP contribution in [0.3, 0.4) is 0 Å². The summed E-state index contributed by atoms with van der Waals surface area (Å²) in [7, 11) is 0. The van der Waals surface area contributed by atoms with Crippen LogP contribution in [0, 0.1) is 5.82 Å². The number of carbonyl (C=O) groups is 1. The van der Waals surface area contributed by atoms with Crippen LogP contribution in [0.1, 0.15) is 31.1 Å². The molecule has 0 unspecified atom stereocenters. The van der Waals surface area contributed by atoms with E-state index in [1.54, 1.807) is 12.1 Å². The van der Waals surface area contributed by atoms with Crippen LogP contribution < -0.4 is 4.74 Å². The Bertz CT molecular complexity index is 1030. The normalized spacial score (nSPS) is 15.1. The Morgan fingerprint density at radius 1 is 1.21 bits per heavy atom. The minimum Gasteiger partial charge on any atom is -0.491 e. The molecule has 3 aromatic rings. The molecule has 0 N–H and O–H groups in total. The standard InChI is InChI=1S/C21H19Cl2FN2O3/c22-14-1-3-19-17(11-14)25-21(29-19)13-5-8-26(9-6-13)20(27)7-10-28-18-4-2-15(24)12-16(18)23/h1-4,11-13H,5-10H2.